The van der Waals surface area contributed by atoms with Gasteiger partial charge in [0.2, 0.25) is 0 Å². The molecule has 0 bridgehead atoms. The zero-order chi connectivity index (χ0) is 21.4. The molecule has 1 nitrogen and oxygen atoms in total. The maximum atomic E-state index is 12.7. The summed E-state index contributed by atoms with van der Waals surface area (Å²) in [6.45, 7) is 2.29. The number of nitrogens with zero attached hydrogens (tertiary/aromatic N) is 1. The van der Waals surface area contributed by atoms with Gasteiger partial charge in [-0.25, -0.2) is 0 Å². The first-order valence-corrected chi connectivity index (χ1v) is 12.8. The number of hydrogen-bond acceptors (Lipinski definition) is 1. The zero-order valence-electron chi connectivity index (χ0n) is 19.3. The van der Waals surface area contributed by atoms with Crippen molar-refractivity contribution in [1.82, 2.24) is 0 Å². The largest absolute Gasteiger partial charge is 0.199 e. The van der Waals surface area contributed by atoms with Gasteiger partial charge >= 0.3 is 0 Å². The summed E-state index contributed by atoms with van der Waals surface area (Å²) in [5.41, 5.74) is 0. The molecule has 0 saturated heterocycles. The van der Waals surface area contributed by atoms with Crippen LogP contribution in [0.3, 0.4) is 0 Å². The molecule has 2 rings (SSSR count). The van der Waals surface area contributed by atoms with E-state index in [0.29, 0.717) is 0 Å². The Morgan fingerprint density at radius 3 is 1.97 bits per heavy atom. The Bertz CT molecular complexity index is 566. The first-order valence-electron chi connectivity index (χ1n) is 12.8. The topological polar surface area (TPSA) is 23.8 Å². The van der Waals surface area contributed by atoms with Crippen molar-refractivity contribution in [3.05, 3.63) is 36.2 Å². The number of unbranched alkanes of at least 4 members (excludes halogenated alkanes) is 4. The van der Waals surface area contributed by atoms with Crippen LogP contribution in [0.2, 0.25) is 0 Å². The third-order valence-electron chi connectivity index (χ3n) is 7.38. The van der Waals surface area contributed by atoms with Crippen molar-refractivity contribution in [3.63, 3.8) is 0 Å². The fraction of sp³-hybridized carbons (Fsp3) is 0.750. The van der Waals surface area contributed by atoms with E-state index in [1.807, 2.05) is 6.08 Å². The molecule has 168 valence electrons. The van der Waals surface area contributed by atoms with Crippen molar-refractivity contribution in [2.45, 2.75) is 110 Å². The van der Waals surface area contributed by atoms with E-state index in [-0.39, 0.29) is 0 Å². The monoisotopic (exact) mass is 413 g/mol. The van der Waals surface area contributed by atoms with Gasteiger partial charge in [-0.2, -0.15) is 9.65 Å². The van der Waals surface area contributed by atoms with Gasteiger partial charge in [0.25, 0.3) is 0 Å². The molecule has 2 aliphatic carbocycles. The fourth-order valence-electron chi connectivity index (χ4n) is 5.31. The first-order chi connectivity index (χ1) is 14.7. The van der Waals surface area contributed by atoms with Crippen LogP contribution in [-0.2, 0) is 0 Å². The Hall–Kier alpha value is -1.36. The number of allylic oxidation sites excluding steroid dienone is 6. The molecule has 2 aliphatic rings. The van der Waals surface area contributed by atoms with Crippen molar-refractivity contribution in [3.8, 4) is 6.07 Å². The van der Waals surface area contributed by atoms with Crippen molar-refractivity contribution >= 4 is 0 Å². The standard InChI is InChI=1S/C28H44FN/c1-2-3-4-5-7-10-24-13-17-26(18-14-24)21-22-27-19-15-25(16-20-27)11-8-6-9-12-28(29)23-30/h6,9,12,21-22,24-27H,2-5,7-8,10-11,13-20H2,1H3/b9-6?,22-21+,28-12?. The number of nitriles is 1. The van der Waals surface area contributed by atoms with Crippen molar-refractivity contribution < 1.29 is 4.39 Å². The molecular weight excluding hydrogens is 369 g/mol. The molecule has 0 radical (unpaired) electrons. The smallest absolute Gasteiger partial charge is 0.195 e. The second kappa shape index (κ2) is 15.4. The molecule has 0 N–H and O–H groups in total. The van der Waals surface area contributed by atoms with Gasteiger partial charge in [-0.3, -0.25) is 0 Å². The van der Waals surface area contributed by atoms with Crippen LogP contribution in [0.1, 0.15) is 110 Å². The van der Waals surface area contributed by atoms with Crippen LogP contribution >= 0.6 is 0 Å². The summed E-state index contributed by atoms with van der Waals surface area (Å²) in [6.07, 6.45) is 31.9. The molecule has 2 heteroatoms. The quantitative estimate of drug-likeness (QED) is 0.135. The molecule has 0 atom stereocenters. The molecule has 0 amide bonds. The van der Waals surface area contributed by atoms with Gasteiger partial charge in [-0.05, 0) is 94.0 Å². The summed E-state index contributed by atoms with van der Waals surface area (Å²) in [5.74, 6) is 2.74. The lowest BCUT2D eigenvalue weighted by atomic mass is 9.77. The molecule has 0 aromatic rings. The van der Waals surface area contributed by atoms with E-state index in [0.717, 1.165) is 30.1 Å². The highest BCUT2D eigenvalue weighted by atomic mass is 19.1. The Kier molecular flexibility index (Phi) is 12.8. The minimum atomic E-state index is -0.713. The summed E-state index contributed by atoms with van der Waals surface area (Å²) >= 11 is 0. The van der Waals surface area contributed by atoms with E-state index in [2.05, 4.69) is 19.1 Å². The van der Waals surface area contributed by atoms with Crippen LogP contribution in [0.5, 0.6) is 0 Å². The Labute approximate surface area is 185 Å². The lowest BCUT2D eigenvalue weighted by molar-refractivity contribution is 0.282. The first kappa shape index (κ1) is 24.9. The summed E-state index contributed by atoms with van der Waals surface area (Å²) in [7, 11) is 0. The van der Waals surface area contributed by atoms with Crippen LogP contribution in [0.25, 0.3) is 0 Å². The van der Waals surface area contributed by atoms with Gasteiger partial charge in [-0.1, -0.05) is 69.8 Å². The maximum Gasteiger partial charge on any atom is 0.199 e. The molecule has 0 unspecified atom stereocenters. The van der Waals surface area contributed by atoms with Crippen LogP contribution in [0.15, 0.2) is 36.2 Å². The highest BCUT2D eigenvalue weighted by Gasteiger charge is 2.21. The molecule has 0 aromatic heterocycles. The lowest BCUT2D eigenvalue weighted by Crippen LogP contribution is -2.15. The normalized spacial score (nSPS) is 28.2. The minimum absolute atomic E-state index is 0.713. The highest BCUT2D eigenvalue weighted by Crippen LogP contribution is 2.35. The lowest BCUT2D eigenvalue weighted by Gasteiger charge is -2.29. The molecule has 0 heterocycles. The Morgan fingerprint density at radius 2 is 1.40 bits per heavy atom. The van der Waals surface area contributed by atoms with Gasteiger partial charge < -0.3 is 0 Å². The van der Waals surface area contributed by atoms with E-state index >= 15 is 0 Å². The SMILES string of the molecule is CCCCCCCC1CCC(/C=C/C2CCC(CCC=CC=C(F)C#N)CC2)CC1. The number of hydrogen-bond donors (Lipinski definition) is 0. The molecule has 0 aromatic carbocycles. The molecule has 0 spiro atoms. The summed E-state index contributed by atoms with van der Waals surface area (Å²) < 4.78 is 12.7. The third-order valence-corrected chi connectivity index (χ3v) is 7.38. The van der Waals surface area contributed by atoms with Gasteiger partial charge in [0, 0.05) is 0 Å². The van der Waals surface area contributed by atoms with Gasteiger partial charge in [-0.15, -0.1) is 0 Å². The van der Waals surface area contributed by atoms with Crippen LogP contribution in [0.4, 0.5) is 4.39 Å². The molecule has 2 saturated carbocycles. The second-order valence-electron chi connectivity index (χ2n) is 9.78. The second-order valence-corrected chi connectivity index (χ2v) is 9.78. The predicted octanol–water partition coefficient (Wildman–Crippen LogP) is 9.23. The summed E-state index contributed by atoms with van der Waals surface area (Å²) in [4.78, 5) is 0. The maximum absolute atomic E-state index is 12.7. The van der Waals surface area contributed by atoms with Crippen LogP contribution in [0, 0.1) is 35.0 Å². The van der Waals surface area contributed by atoms with Gasteiger partial charge in [0.1, 0.15) is 6.07 Å². The van der Waals surface area contributed by atoms with E-state index in [1.165, 1.54) is 108 Å². The molecule has 2 fully saturated rings. The van der Waals surface area contributed by atoms with Crippen LogP contribution < -0.4 is 0 Å². The molecular formula is C28H44FN. The van der Waals surface area contributed by atoms with Crippen LogP contribution in [-0.4, -0.2) is 0 Å². The third kappa shape index (κ3) is 10.6. The number of halogens is 1. The molecule has 30 heavy (non-hydrogen) atoms. The fourth-order valence-corrected chi connectivity index (χ4v) is 5.31. The van der Waals surface area contributed by atoms with Crippen molar-refractivity contribution in [2.75, 3.05) is 0 Å². The van der Waals surface area contributed by atoms with Crippen molar-refractivity contribution in [1.29, 1.82) is 5.26 Å². The van der Waals surface area contributed by atoms with Gasteiger partial charge in [0.15, 0.2) is 5.83 Å². The van der Waals surface area contributed by atoms with E-state index in [1.54, 1.807) is 6.08 Å². The summed E-state index contributed by atoms with van der Waals surface area (Å²) in [5, 5.41) is 8.38. The average Bonchev–Trinajstić information content (AvgIpc) is 2.78. The highest BCUT2D eigenvalue weighted by molar-refractivity contribution is 5.18. The van der Waals surface area contributed by atoms with Gasteiger partial charge in [0.05, 0.1) is 0 Å². The zero-order valence-corrected chi connectivity index (χ0v) is 19.3. The van der Waals surface area contributed by atoms with E-state index in [4.69, 9.17) is 5.26 Å². The molecule has 0 aliphatic heterocycles. The Balaban J connectivity index is 1.54. The Morgan fingerprint density at radius 1 is 0.833 bits per heavy atom. The average molecular weight is 414 g/mol. The van der Waals surface area contributed by atoms with E-state index in [9.17, 15) is 4.39 Å². The minimum Gasteiger partial charge on any atom is -0.195 e. The van der Waals surface area contributed by atoms with Crippen molar-refractivity contribution in [2.24, 2.45) is 23.7 Å². The number of rotatable bonds is 12. The van der Waals surface area contributed by atoms with E-state index < -0.39 is 5.83 Å². The predicted molar refractivity (Wildman–Crippen MR) is 127 cm³/mol. The summed E-state index contributed by atoms with van der Waals surface area (Å²) in [6, 6.07) is 1.50.